The van der Waals surface area contributed by atoms with Crippen molar-refractivity contribution in [3.8, 4) is 0 Å². The van der Waals surface area contributed by atoms with Crippen molar-refractivity contribution >= 4 is 14.1 Å². The van der Waals surface area contributed by atoms with Gasteiger partial charge in [0.2, 0.25) is 0 Å². The van der Waals surface area contributed by atoms with Crippen molar-refractivity contribution in [2.24, 2.45) is 0 Å². The maximum atomic E-state index is 11.7. The number of Topliss-reactive ketones (excluding diaryl/α,β-unsaturated/α-hetero) is 1. The van der Waals surface area contributed by atoms with Crippen molar-refractivity contribution in [2.75, 3.05) is 13.2 Å². The molecule has 1 aliphatic heterocycles. The molecule has 1 atom stereocenters. The summed E-state index contributed by atoms with van der Waals surface area (Å²) in [5.41, 5.74) is 0. The topological polar surface area (TPSA) is 44.8 Å². The normalized spacial score (nSPS) is 24.6. The van der Waals surface area contributed by atoms with Gasteiger partial charge in [0, 0.05) is 13.0 Å². The lowest BCUT2D eigenvalue weighted by atomic mass is 10.1. The fourth-order valence-corrected chi connectivity index (χ4v) is 2.70. The first-order chi connectivity index (χ1) is 8.45. The molecule has 0 bridgehead atoms. The second kappa shape index (κ2) is 5.64. The molecule has 0 aromatic carbocycles. The van der Waals surface area contributed by atoms with Crippen molar-refractivity contribution < 1.29 is 18.7 Å². The monoisotopic (exact) mass is 288 g/mol. The first kappa shape index (κ1) is 16.8. The maximum Gasteiger partial charge on any atom is 0.191 e. The Labute approximate surface area is 117 Å². The van der Waals surface area contributed by atoms with Gasteiger partial charge < -0.3 is 13.9 Å². The fourth-order valence-electron chi connectivity index (χ4n) is 1.64. The van der Waals surface area contributed by atoms with Gasteiger partial charge in [-0.3, -0.25) is 4.79 Å². The summed E-state index contributed by atoms with van der Waals surface area (Å²) in [5, 5.41) is 0.187. The van der Waals surface area contributed by atoms with Gasteiger partial charge in [-0.1, -0.05) is 20.8 Å². The van der Waals surface area contributed by atoms with E-state index in [1.807, 2.05) is 13.8 Å². The lowest BCUT2D eigenvalue weighted by Gasteiger charge is -2.38. The Balaban J connectivity index is 2.47. The smallest absolute Gasteiger partial charge is 0.191 e. The highest BCUT2D eigenvalue weighted by molar-refractivity contribution is 6.74. The van der Waals surface area contributed by atoms with E-state index in [1.165, 1.54) is 0 Å². The van der Waals surface area contributed by atoms with Crippen LogP contribution in [0.5, 0.6) is 0 Å². The second-order valence-electron chi connectivity index (χ2n) is 7.16. The Kier molecular flexibility index (Phi) is 4.99. The summed E-state index contributed by atoms with van der Waals surface area (Å²) in [6, 6.07) is 0. The quantitative estimate of drug-likeness (QED) is 0.746. The fraction of sp³-hybridized carbons (Fsp3) is 0.929. The van der Waals surface area contributed by atoms with Crippen molar-refractivity contribution in [1.29, 1.82) is 0 Å². The van der Waals surface area contributed by atoms with Crippen molar-refractivity contribution in [3.63, 3.8) is 0 Å². The van der Waals surface area contributed by atoms with Gasteiger partial charge in [0.15, 0.2) is 19.9 Å². The minimum atomic E-state index is -1.75. The second-order valence-corrected chi connectivity index (χ2v) is 12.0. The summed E-state index contributed by atoms with van der Waals surface area (Å²) in [6.07, 6.45) is 0.214. The van der Waals surface area contributed by atoms with Gasteiger partial charge in [-0.15, -0.1) is 0 Å². The van der Waals surface area contributed by atoms with Gasteiger partial charge in [0.05, 0.1) is 0 Å². The Bertz CT molecular complexity index is 331. The Morgan fingerprint density at radius 1 is 1.37 bits per heavy atom. The molecule has 0 radical (unpaired) electrons. The van der Waals surface area contributed by atoms with E-state index in [0.717, 1.165) is 0 Å². The third-order valence-corrected chi connectivity index (χ3v) is 8.53. The zero-order chi connectivity index (χ0) is 14.9. The summed E-state index contributed by atoms with van der Waals surface area (Å²) in [4.78, 5) is 11.7. The SMILES string of the molecule is CC1(C)OCC(=O)[C@@H](CCO[Si](C)(C)C(C)(C)C)O1. The van der Waals surface area contributed by atoms with E-state index in [2.05, 4.69) is 33.9 Å². The molecule has 112 valence electrons. The number of ketones is 1. The van der Waals surface area contributed by atoms with Crippen LogP contribution in [0.25, 0.3) is 0 Å². The molecule has 19 heavy (non-hydrogen) atoms. The number of rotatable bonds is 4. The van der Waals surface area contributed by atoms with Gasteiger partial charge in [0.25, 0.3) is 0 Å². The molecule has 0 spiro atoms. The minimum absolute atomic E-state index is 0.0122. The predicted octanol–water partition coefficient (Wildman–Crippen LogP) is 3.12. The molecule has 0 aromatic heterocycles. The predicted molar refractivity (Wildman–Crippen MR) is 77.7 cm³/mol. The van der Waals surface area contributed by atoms with Gasteiger partial charge in [-0.2, -0.15) is 0 Å². The standard InChI is InChI=1S/C14H28O4Si/c1-13(2,3)19(6,7)17-9-8-12-11(15)10-16-14(4,5)18-12/h12H,8-10H2,1-7H3/t12-/m1/s1. The number of carbonyl (C=O) groups is 1. The van der Waals surface area contributed by atoms with Crippen LogP contribution in [-0.4, -0.2) is 39.2 Å². The van der Waals surface area contributed by atoms with Crippen LogP contribution in [0, 0.1) is 0 Å². The van der Waals surface area contributed by atoms with Crippen molar-refractivity contribution in [1.82, 2.24) is 0 Å². The first-order valence-electron chi connectivity index (χ1n) is 6.93. The van der Waals surface area contributed by atoms with Crippen LogP contribution in [0.4, 0.5) is 0 Å². The van der Waals surface area contributed by atoms with Crippen LogP contribution in [0.2, 0.25) is 18.1 Å². The van der Waals surface area contributed by atoms with Gasteiger partial charge in [0.1, 0.15) is 12.7 Å². The lowest BCUT2D eigenvalue weighted by molar-refractivity contribution is -0.259. The molecule has 0 aromatic rings. The minimum Gasteiger partial charge on any atom is -0.417 e. The molecule has 0 amide bonds. The highest BCUT2D eigenvalue weighted by atomic mass is 28.4. The molecular weight excluding hydrogens is 260 g/mol. The van der Waals surface area contributed by atoms with Crippen LogP contribution >= 0.6 is 0 Å². The summed E-state index contributed by atoms with van der Waals surface area (Å²) in [6.45, 7) is 15.4. The molecule has 1 saturated heterocycles. The van der Waals surface area contributed by atoms with Crippen molar-refractivity contribution in [2.45, 2.75) is 71.1 Å². The average Bonchev–Trinajstić information content (AvgIpc) is 2.21. The summed E-state index contributed by atoms with van der Waals surface area (Å²) in [7, 11) is -1.75. The van der Waals surface area contributed by atoms with Crippen LogP contribution in [0.3, 0.4) is 0 Å². The maximum absolute atomic E-state index is 11.7. The number of hydrogen-bond acceptors (Lipinski definition) is 4. The van der Waals surface area contributed by atoms with Gasteiger partial charge >= 0.3 is 0 Å². The average molecular weight is 288 g/mol. The van der Waals surface area contributed by atoms with Crippen LogP contribution in [-0.2, 0) is 18.7 Å². The molecule has 0 unspecified atom stereocenters. The van der Waals surface area contributed by atoms with E-state index in [1.54, 1.807) is 0 Å². The van der Waals surface area contributed by atoms with Crippen LogP contribution < -0.4 is 0 Å². The molecule has 5 heteroatoms. The van der Waals surface area contributed by atoms with E-state index >= 15 is 0 Å². The molecule has 0 N–H and O–H groups in total. The third-order valence-electron chi connectivity index (χ3n) is 4.00. The van der Waals surface area contributed by atoms with E-state index in [4.69, 9.17) is 13.9 Å². The molecule has 4 nitrogen and oxygen atoms in total. The Morgan fingerprint density at radius 2 is 1.95 bits per heavy atom. The van der Waals surface area contributed by atoms with E-state index < -0.39 is 20.2 Å². The van der Waals surface area contributed by atoms with E-state index in [9.17, 15) is 4.79 Å². The number of hydrogen-bond donors (Lipinski definition) is 0. The summed E-state index contributed by atoms with van der Waals surface area (Å²) >= 11 is 0. The highest BCUT2D eigenvalue weighted by Gasteiger charge is 2.38. The lowest BCUT2D eigenvalue weighted by Crippen LogP contribution is -2.47. The molecule has 0 aliphatic carbocycles. The molecular formula is C14H28O4Si. The third kappa shape index (κ3) is 4.67. The largest absolute Gasteiger partial charge is 0.417 e. The van der Waals surface area contributed by atoms with Crippen LogP contribution in [0.1, 0.15) is 41.0 Å². The molecule has 1 rings (SSSR count). The molecule has 1 heterocycles. The summed E-state index contributed by atoms with van der Waals surface area (Å²) in [5.74, 6) is -0.659. The summed E-state index contributed by atoms with van der Waals surface area (Å²) < 4.78 is 17.0. The first-order valence-corrected chi connectivity index (χ1v) is 9.84. The number of carbonyl (C=O) groups excluding carboxylic acids is 1. The zero-order valence-electron chi connectivity index (χ0n) is 13.3. The van der Waals surface area contributed by atoms with Crippen LogP contribution in [0.15, 0.2) is 0 Å². The van der Waals surface area contributed by atoms with Gasteiger partial charge in [-0.25, -0.2) is 0 Å². The van der Waals surface area contributed by atoms with Gasteiger partial charge in [-0.05, 0) is 32.0 Å². The molecule has 0 saturated carbocycles. The Hall–Kier alpha value is -0.233. The molecule has 1 aliphatic rings. The molecule has 1 fully saturated rings. The number of ether oxygens (including phenoxy) is 2. The van der Waals surface area contributed by atoms with Crippen molar-refractivity contribution in [3.05, 3.63) is 0 Å². The zero-order valence-corrected chi connectivity index (χ0v) is 14.3. The highest BCUT2D eigenvalue weighted by Crippen LogP contribution is 2.36. The Morgan fingerprint density at radius 3 is 2.47 bits per heavy atom. The van der Waals surface area contributed by atoms with E-state index in [-0.39, 0.29) is 17.4 Å². The van der Waals surface area contributed by atoms with E-state index in [0.29, 0.717) is 13.0 Å².